The summed E-state index contributed by atoms with van der Waals surface area (Å²) in [5, 5.41) is 22.2. The van der Waals surface area contributed by atoms with E-state index in [-0.39, 0.29) is 24.1 Å². The predicted molar refractivity (Wildman–Crippen MR) is 65.0 cm³/mol. The largest absolute Gasteiger partial charge is 0.507 e. The van der Waals surface area contributed by atoms with Gasteiger partial charge in [0.1, 0.15) is 5.75 Å². The molecule has 0 aliphatic heterocycles. The van der Waals surface area contributed by atoms with Gasteiger partial charge >= 0.3 is 5.97 Å². The number of ether oxygens (including phenoxy) is 1. The molecule has 96 valence electrons. The minimum atomic E-state index is -0.355. The van der Waals surface area contributed by atoms with Crippen LogP contribution in [0.5, 0.6) is 5.75 Å². The molecule has 1 aromatic rings. The third kappa shape index (κ3) is 1.92. The highest BCUT2D eigenvalue weighted by Gasteiger charge is 2.34. The second-order valence-corrected chi connectivity index (χ2v) is 4.42. The molecule has 1 atom stereocenters. The molecule has 5 nitrogen and oxygen atoms in total. The number of phenolic OH excluding ortho intramolecular Hbond substituents is 1. The van der Waals surface area contributed by atoms with Crippen molar-refractivity contribution in [1.82, 2.24) is 0 Å². The Hall–Kier alpha value is -2.04. The van der Waals surface area contributed by atoms with Gasteiger partial charge < -0.3 is 15.1 Å². The number of rotatable bonds is 2. The molecule has 1 unspecified atom stereocenters. The van der Waals surface area contributed by atoms with Gasteiger partial charge in [-0.25, -0.2) is 0 Å². The molecule has 5 heteroatoms. The molecule has 0 amide bonds. The molecule has 1 aliphatic carbocycles. The van der Waals surface area contributed by atoms with Gasteiger partial charge in [0.2, 0.25) is 0 Å². The molecule has 0 spiro atoms. The number of oxime groups is 1. The lowest BCUT2D eigenvalue weighted by atomic mass is 10.0. The van der Waals surface area contributed by atoms with Crippen molar-refractivity contribution in [3.05, 3.63) is 28.8 Å². The molecule has 0 radical (unpaired) electrons. The molecule has 2 rings (SSSR count). The molecule has 0 bridgehead atoms. The average Bonchev–Trinajstić information content (AvgIpc) is 2.73. The SMILES string of the molecule is COC(=O)CC1Cc2c(C)ccc(O)c2C1=NO. The Bertz CT molecular complexity index is 522. The van der Waals surface area contributed by atoms with Gasteiger partial charge in [-0.05, 0) is 30.5 Å². The second kappa shape index (κ2) is 4.68. The fourth-order valence-electron chi connectivity index (χ4n) is 2.42. The normalized spacial score (nSPS) is 19.9. The molecule has 0 saturated carbocycles. The van der Waals surface area contributed by atoms with Crippen LogP contribution in [0.1, 0.15) is 23.1 Å². The summed E-state index contributed by atoms with van der Waals surface area (Å²) < 4.78 is 4.63. The zero-order chi connectivity index (χ0) is 13.3. The number of carbonyl (C=O) groups excluding carboxylic acids is 1. The molecule has 0 heterocycles. The Labute approximate surface area is 105 Å². The van der Waals surface area contributed by atoms with Crippen LogP contribution in [0, 0.1) is 12.8 Å². The number of benzene rings is 1. The van der Waals surface area contributed by atoms with E-state index in [9.17, 15) is 9.90 Å². The Morgan fingerprint density at radius 2 is 2.28 bits per heavy atom. The standard InChI is InChI=1S/C13H15NO4/c1-7-3-4-10(15)12-9(7)5-8(13(12)14-17)6-11(16)18-2/h3-4,8,15,17H,5-6H2,1-2H3. The summed E-state index contributed by atoms with van der Waals surface area (Å²) in [7, 11) is 1.32. The highest BCUT2D eigenvalue weighted by molar-refractivity contribution is 6.09. The van der Waals surface area contributed by atoms with Crippen molar-refractivity contribution in [2.45, 2.75) is 19.8 Å². The molecule has 1 aliphatic rings. The zero-order valence-electron chi connectivity index (χ0n) is 10.3. The molecular formula is C13H15NO4. The van der Waals surface area contributed by atoms with Gasteiger partial charge in [0.05, 0.1) is 19.2 Å². The van der Waals surface area contributed by atoms with Gasteiger partial charge in [-0.3, -0.25) is 4.79 Å². The number of methoxy groups -OCH3 is 1. The van der Waals surface area contributed by atoms with Crippen molar-refractivity contribution in [3.63, 3.8) is 0 Å². The maximum absolute atomic E-state index is 11.3. The predicted octanol–water partition coefficient (Wildman–Crippen LogP) is 1.61. The van der Waals surface area contributed by atoms with Gasteiger partial charge in [0, 0.05) is 11.5 Å². The Kier molecular flexibility index (Phi) is 3.23. The fraction of sp³-hybridized carbons (Fsp3) is 0.385. The first-order valence-electron chi connectivity index (χ1n) is 5.69. The molecular weight excluding hydrogens is 234 g/mol. The van der Waals surface area contributed by atoms with Crippen molar-refractivity contribution in [1.29, 1.82) is 0 Å². The van der Waals surface area contributed by atoms with Crippen LogP contribution >= 0.6 is 0 Å². The van der Waals surface area contributed by atoms with E-state index < -0.39 is 0 Å². The summed E-state index contributed by atoms with van der Waals surface area (Å²) in [4.78, 5) is 11.3. The van der Waals surface area contributed by atoms with Crippen molar-refractivity contribution in [3.8, 4) is 5.75 Å². The molecule has 1 aromatic carbocycles. The van der Waals surface area contributed by atoms with Crippen LogP contribution in [0.25, 0.3) is 0 Å². The van der Waals surface area contributed by atoms with Crippen LogP contribution in [-0.2, 0) is 16.0 Å². The van der Waals surface area contributed by atoms with Crippen LogP contribution in [0.15, 0.2) is 17.3 Å². The van der Waals surface area contributed by atoms with Gasteiger partial charge in [-0.15, -0.1) is 0 Å². The van der Waals surface area contributed by atoms with Crippen LogP contribution < -0.4 is 0 Å². The summed E-state index contributed by atoms with van der Waals surface area (Å²) in [5.74, 6) is -0.522. The lowest BCUT2D eigenvalue weighted by Gasteiger charge is -2.08. The van der Waals surface area contributed by atoms with Crippen LogP contribution in [0.3, 0.4) is 0 Å². The molecule has 0 saturated heterocycles. The van der Waals surface area contributed by atoms with E-state index >= 15 is 0 Å². The van der Waals surface area contributed by atoms with Crippen LogP contribution in [-0.4, -0.2) is 29.1 Å². The topological polar surface area (TPSA) is 79.1 Å². The van der Waals surface area contributed by atoms with Gasteiger partial charge in [0.15, 0.2) is 0 Å². The van der Waals surface area contributed by atoms with Gasteiger partial charge in [0.25, 0.3) is 0 Å². The quantitative estimate of drug-likeness (QED) is 0.474. The summed E-state index contributed by atoms with van der Waals surface area (Å²) in [6.07, 6.45) is 0.716. The lowest BCUT2D eigenvalue weighted by molar-refractivity contribution is -0.141. The third-order valence-electron chi connectivity index (χ3n) is 3.37. The summed E-state index contributed by atoms with van der Waals surface area (Å²) in [6.45, 7) is 1.92. The van der Waals surface area contributed by atoms with E-state index in [2.05, 4.69) is 9.89 Å². The first kappa shape index (κ1) is 12.4. The van der Waals surface area contributed by atoms with E-state index in [4.69, 9.17) is 5.21 Å². The first-order valence-corrected chi connectivity index (χ1v) is 5.69. The van der Waals surface area contributed by atoms with Gasteiger partial charge in [-0.1, -0.05) is 11.2 Å². The van der Waals surface area contributed by atoms with E-state index in [0.717, 1.165) is 11.1 Å². The maximum Gasteiger partial charge on any atom is 0.306 e. The number of nitrogens with zero attached hydrogens (tertiary/aromatic N) is 1. The van der Waals surface area contributed by atoms with Crippen molar-refractivity contribution in [2.24, 2.45) is 11.1 Å². The second-order valence-electron chi connectivity index (χ2n) is 4.42. The Morgan fingerprint density at radius 3 is 2.89 bits per heavy atom. The van der Waals surface area contributed by atoms with Crippen LogP contribution in [0.2, 0.25) is 0 Å². The van der Waals surface area contributed by atoms with Gasteiger partial charge in [-0.2, -0.15) is 0 Å². The lowest BCUT2D eigenvalue weighted by Crippen LogP contribution is -2.16. The highest BCUT2D eigenvalue weighted by Crippen LogP contribution is 2.37. The van der Waals surface area contributed by atoms with E-state index in [1.165, 1.54) is 7.11 Å². The number of phenols is 1. The minimum Gasteiger partial charge on any atom is -0.507 e. The zero-order valence-corrected chi connectivity index (χ0v) is 10.3. The minimum absolute atomic E-state index is 0.0794. The molecule has 0 aromatic heterocycles. The number of carbonyl (C=O) groups is 1. The fourth-order valence-corrected chi connectivity index (χ4v) is 2.42. The molecule has 18 heavy (non-hydrogen) atoms. The summed E-state index contributed by atoms with van der Waals surface area (Å²) in [5.41, 5.74) is 2.84. The van der Waals surface area contributed by atoms with E-state index in [1.807, 2.05) is 13.0 Å². The smallest absolute Gasteiger partial charge is 0.306 e. The van der Waals surface area contributed by atoms with Crippen molar-refractivity contribution in [2.75, 3.05) is 7.11 Å². The first-order chi connectivity index (χ1) is 8.58. The van der Waals surface area contributed by atoms with Crippen LogP contribution in [0.4, 0.5) is 0 Å². The maximum atomic E-state index is 11.3. The third-order valence-corrected chi connectivity index (χ3v) is 3.37. The van der Waals surface area contributed by atoms with Crippen molar-refractivity contribution >= 4 is 11.7 Å². The number of hydrogen-bond donors (Lipinski definition) is 2. The summed E-state index contributed by atoms with van der Waals surface area (Å²) >= 11 is 0. The number of esters is 1. The number of fused-ring (bicyclic) bond motifs is 1. The van der Waals surface area contributed by atoms with E-state index in [1.54, 1.807) is 6.07 Å². The Balaban J connectivity index is 2.41. The average molecular weight is 249 g/mol. The molecule has 0 fully saturated rings. The number of aryl methyl sites for hydroxylation is 1. The number of hydrogen-bond acceptors (Lipinski definition) is 5. The monoisotopic (exact) mass is 249 g/mol. The highest BCUT2D eigenvalue weighted by atomic mass is 16.5. The Morgan fingerprint density at radius 1 is 1.56 bits per heavy atom. The number of aromatic hydroxyl groups is 1. The van der Waals surface area contributed by atoms with Crippen molar-refractivity contribution < 1.29 is 19.8 Å². The van der Waals surface area contributed by atoms with E-state index in [0.29, 0.717) is 17.7 Å². The summed E-state index contributed by atoms with van der Waals surface area (Å²) in [6, 6.07) is 3.38. The molecule has 2 N–H and O–H groups in total.